The number of nitrogens with one attached hydrogen (secondary N) is 1. The number of halogens is 1. The van der Waals surface area contributed by atoms with Crippen LogP contribution in [0.3, 0.4) is 0 Å². The molecule has 0 saturated heterocycles. The van der Waals surface area contributed by atoms with Gasteiger partial charge in [-0.05, 0) is 48.2 Å². The van der Waals surface area contributed by atoms with Crippen molar-refractivity contribution in [2.24, 2.45) is 5.14 Å². The van der Waals surface area contributed by atoms with Gasteiger partial charge >= 0.3 is 0 Å². The number of benzene rings is 2. The lowest BCUT2D eigenvalue weighted by molar-refractivity contribution is -0.763. The zero-order chi connectivity index (χ0) is 28.1. The van der Waals surface area contributed by atoms with Gasteiger partial charge in [0, 0.05) is 6.54 Å². The van der Waals surface area contributed by atoms with Gasteiger partial charge < -0.3 is 19.7 Å². The Morgan fingerprint density at radius 2 is 1.63 bits per heavy atom. The van der Waals surface area contributed by atoms with E-state index in [1.165, 1.54) is 24.3 Å². The Kier molecular flexibility index (Phi) is 9.15. The van der Waals surface area contributed by atoms with Crippen LogP contribution in [0, 0.1) is 20.2 Å². The molecule has 38 heavy (non-hydrogen) atoms. The Morgan fingerprint density at radius 1 is 1.03 bits per heavy atom. The summed E-state index contributed by atoms with van der Waals surface area (Å²) in [6, 6.07) is 6.46. The molecule has 2 aromatic carbocycles. The highest BCUT2D eigenvalue weighted by Gasteiger charge is 2.33. The number of hydrogen-bond donors (Lipinski definition) is 2. The van der Waals surface area contributed by atoms with Crippen LogP contribution in [0.1, 0.15) is 24.0 Å². The molecule has 0 aliphatic carbocycles. The average Bonchev–Trinajstić information content (AvgIpc) is 2.81. The molecule has 0 saturated carbocycles. The Bertz CT molecular complexity index is 1400. The second-order valence-corrected chi connectivity index (χ2v) is 11.7. The summed E-state index contributed by atoms with van der Waals surface area (Å²) in [4.78, 5) is 28.8. The Morgan fingerprint density at radius 3 is 2.18 bits per heavy atom. The van der Waals surface area contributed by atoms with E-state index in [-0.39, 0.29) is 41.2 Å². The molecule has 3 N–H and O–H groups in total. The largest absolute Gasteiger partial charge is 0.494 e. The summed E-state index contributed by atoms with van der Waals surface area (Å²) in [6.07, 6.45) is 0.742. The van der Waals surface area contributed by atoms with Gasteiger partial charge in [-0.3, -0.25) is 0 Å². The Balaban J connectivity index is 1.61. The Labute approximate surface area is 221 Å². The number of anilines is 1. The zero-order valence-electron chi connectivity index (χ0n) is 19.4. The molecule has 0 atom stereocenters. The van der Waals surface area contributed by atoms with Crippen LogP contribution in [0.2, 0.25) is 5.02 Å². The maximum Gasteiger partial charge on any atom is 0.294 e. The number of rotatable bonds is 13. The highest BCUT2D eigenvalue weighted by molar-refractivity contribution is 7.90. The van der Waals surface area contributed by atoms with E-state index in [2.05, 4.69) is 15.0 Å². The molecule has 2 aromatic rings. The maximum absolute atomic E-state index is 13.0. The fraction of sp³-hybridized carbons (Fsp3) is 0.368. The molecule has 0 radical (unpaired) electrons. The number of primary sulfonamides is 1. The fourth-order valence-corrected chi connectivity index (χ4v) is 6.25. The van der Waals surface area contributed by atoms with E-state index in [0.29, 0.717) is 24.0 Å². The minimum atomic E-state index is -4.25. The van der Waals surface area contributed by atoms with E-state index in [4.69, 9.17) is 21.5 Å². The number of nitrogens with zero attached hydrogens (tertiary/aromatic N) is 3. The number of hydrogen-bond acceptors (Lipinski definition) is 12. The van der Waals surface area contributed by atoms with Gasteiger partial charge in [-0.15, -0.1) is 20.2 Å². The van der Waals surface area contributed by atoms with Gasteiger partial charge in [0.05, 0.1) is 24.0 Å². The number of nitrogens with two attached hydrogens (primary N) is 1. The van der Waals surface area contributed by atoms with Crippen molar-refractivity contribution in [2.45, 2.75) is 35.8 Å². The van der Waals surface area contributed by atoms with E-state index in [1.54, 1.807) is 0 Å². The maximum atomic E-state index is 13.0. The van der Waals surface area contributed by atoms with E-state index in [0.717, 1.165) is 10.4 Å². The minimum Gasteiger partial charge on any atom is -0.494 e. The standard InChI is InChI=1S/C19H22ClN5O11S2/c20-16-8-17-19(9-18(16)37(21,30)31)38(32,33)23(12-22-17)3-1-2-4-34-15-6-13(10-35-24(26)27)5-14(7-15)11-36-25(28)29/h5-9,22H,1-4,10-12H2,(H2,21,30,31). The second-order valence-electron chi connectivity index (χ2n) is 7.87. The van der Waals surface area contributed by atoms with Crippen LogP contribution in [0.4, 0.5) is 5.69 Å². The summed E-state index contributed by atoms with van der Waals surface area (Å²) in [5.41, 5.74) is 0.799. The lowest BCUT2D eigenvalue weighted by atomic mass is 10.1. The van der Waals surface area contributed by atoms with Crippen LogP contribution in [-0.4, -0.2) is 51.1 Å². The lowest BCUT2D eigenvalue weighted by Gasteiger charge is -2.29. The minimum absolute atomic E-state index is 0.0699. The van der Waals surface area contributed by atoms with Gasteiger partial charge in [0.15, 0.2) is 0 Å². The molecule has 0 bridgehead atoms. The third-order valence-electron chi connectivity index (χ3n) is 5.17. The first kappa shape index (κ1) is 29.1. The van der Waals surface area contributed by atoms with Crippen LogP contribution in [-0.2, 0) is 42.9 Å². The monoisotopic (exact) mass is 595 g/mol. The summed E-state index contributed by atoms with van der Waals surface area (Å²) in [5, 5.41) is 26.8. The van der Waals surface area contributed by atoms with Crippen molar-refractivity contribution < 1.29 is 41.4 Å². The third kappa shape index (κ3) is 7.54. The molecule has 0 spiro atoms. The summed E-state index contributed by atoms with van der Waals surface area (Å²) in [7, 11) is -8.30. The van der Waals surface area contributed by atoms with Crippen LogP contribution in [0.5, 0.6) is 5.75 Å². The summed E-state index contributed by atoms with van der Waals surface area (Å²) >= 11 is 5.93. The highest BCUT2D eigenvalue weighted by atomic mass is 35.5. The van der Waals surface area contributed by atoms with Gasteiger partial charge in [0.2, 0.25) is 20.0 Å². The predicted octanol–water partition coefficient (Wildman–Crippen LogP) is 1.64. The van der Waals surface area contributed by atoms with Crippen LogP contribution >= 0.6 is 11.6 Å². The van der Waals surface area contributed by atoms with Crippen LogP contribution in [0.15, 0.2) is 40.1 Å². The molecule has 19 heteroatoms. The predicted molar refractivity (Wildman–Crippen MR) is 130 cm³/mol. The SMILES string of the molecule is NS(=O)(=O)c1cc2c(cc1Cl)NCN(CCCCOc1cc(CO[N+](=O)[O-])cc(CO[N+](=O)[O-])c1)S2(=O)=O. The molecular formula is C19H22ClN5O11S2. The third-order valence-corrected chi connectivity index (χ3v) is 8.43. The van der Waals surface area contributed by atoms with Gasteiger partial charge in [-0.1, -0.05) is 17.7 Å². The molecule has 0 unspecified atom stereocenters. The molecule has 0 aromatic heterocycles. The lowest BCUT2D eigenvalue weighted by Crippen LogP contribution is -2.40. The van der Waals surface area contributed by atoms with Crippen molar-refractivity contribution in [1.82, 2.24) is 4.31 Å². The highest BCUT2D eigenvalue weighted by Crippen LogP contribution is 2.35. The first-order valence-electron chi connectivity index (χ1n) is 10.7. The molecule has 16 nitrogen and oxygen atoms in total. The van der Waals surface area contributed by atoms with E-state index in [9.17, 15) is 37.1 Å². The molecule has 0 amide bonds. The molecule has 1 heterocycles. The Hall–Kier alpha value is -3.45. The summed E-state index contributed by atoms with van der Waals surface area (Å²) < 4.78 is 56.3. The molecule has 1 aliphatic rings. The van der Waals surface area contributed by atoms with Crippen molar-refractivity contribution >= 4 is 37.3 Å². The molecule has 0 fully saturated rings. The molecular weight excluding hydrogens is 574 g/mol. The fourth-order valence-electron chi connectivity index (χ4n) is 3.51. The summed E-state index contributed by atoms with van der Waals surface area (Å²) in [5.74, 6) is 0.255. The van der Waals surface area contributed by atoms with Crippen LogP contribution < -0.4 is 15.2 Å². The van der Waals surface area contributed by atoms with E-state index < -0.39 is 48.3 Å². The second kappa shape index (κ2) is 11.9. The van der Waals surface area contributed by atoms with Crippen molar-refractivity contribution in [3.05, 3.63) is 66.7 Å². The van der Waals surface area contributed by atoms with Crippen molar-refractivity contribution in [1.29, 1.82) is 0 Å². The quantitative estimate of drug-likeness (QED) is 0.191. The number of ether oxygens (including phenoxy) is 1. The van der Waals surface area contributed by atoms with E-state index in [1.807, 2.05) is 0 Å². The zero-order valence-corrected chi connectivity index (χ0v) is 21.8. The normalized spacial score (nSPS) is 14.7. The number of fused-ring (bicyclic) bond motifs is 1. The van der Waals surface area contributed by atoms with Crippen molar-refractivity contribution in [2.75, 3.05) is 25.1 Å². The average molecular weight is 596 g/mol. The van der Waals surface area contributed by atoms with Crippen molar-refractivity contribution in [3.8, 4) is 5.75 Å². The number of sulfonamides is 2. The summed E-state index contributed by atoms with van der Waals surface area (Å²) in [6.45, 7) is -0.688. The van der Waals surface area contributed by atoms with Gasteiger partial charge in [-0.2, -0.15) is 4.31 Å². The van der Waals surface area contributed by atoms with Gasteiger partial charge in [0.25, 0.3) is 10.2 Å². The molecule has 1 aliphatic heterocycles. The molecule has 208 valence electrons. The van der Waals surface area contributed by atoms with Crippen molar-refractivity contribution in [3.63, 3.8) is 0 Å². The first-order valence-corrected chi connectivity index (χ1v) is 14.0. The van der Waals surface area contributed by atoms with Gasteiger partial charge in [-0.25, -0.2) is 22.0 Å². The molecule has 3 rings (SSSR count). The number of unbranched alkanes of at least 4 members (excludes halogenated alkanes) is 1. The van der Waals surface area contributed by atoms with Crippen LogP contribution in [0.25, 0.3) is 0 Å². The first-order chi connectivity index (χ1) is 17.8. The van der Waals surface area contributed by atoms with Gasteiger partial charge in [0.1, 0.15) is 28.8 Å². The smallest absolute Gasteiger partial charge is 0.294 e. The van der Waals surface area contributed by atoms with E-state index >= 15 is 0 Å². The topological polar surface area (TPSA) is 224 Å².